The predicted molar refractivity (Wildman–Crippen MR) is 77.6 cm³/mol. The molecular weight excluding hydrogens is 276 g/mol. The van der Waals surface area contributed by atoms with Gasteiger partial charge in [-0.1, -0.05) is 12.1 Å². The first-order valence-corrected chi connectivity index (χ1v) is 7.37. The molecule has 108 valence electrons. The normalized spacial score (nSPS) is 10.9. The summed E-state index contributed by atoms with van der Waals surface area (Å²) in [7, 11) is 1.95. The summed E-state index contributed by atoms with van der Waals surface area (Å²) < 4.78 is 5.22. The van der Waals surface area contributed by atoms with E-state index in [1.807, 2.05) is 30.3 Å². The molecule has 1 amide bonds. The van der Waals surface area contributed by atoms with Crippen molar-refractivity contribution in [3.63, 3.8) is 0 Å². The molecule has 0 atom stereocenters. The van der Waals surface area contributed by atoms with E-state index in [0.717, 1.165) is 17.9 Å². The van der Waals surface area contributed by atoms with E-state index < -0.39 is 0 Å². The number of aromatic nitrogens is 2. The number of aryl methyl sites for hydroxylation is 1. The molecule has 0 saturated carbocycles. The van der Waals surface area contributed by atoms with Crippen molar-refractivity contribution >= 4 is 22.4 Å². The lowest BCUT2D eigenvalue weighted by molar-refractivity contribution is -0.116. The van der Waals surface area contributed by atoms with Gasteiger partial charge in [0.15, 0.2) is 10.9 Å². The van der Waals surface area contributed by atoms with Crippen molar-refractivity contribution in [1.29, 1.82) is 0 Å². The van der Waals surface area contributed by atoms with Crippen molar-refractivity contribution in [3.8, 4) is 0 Å². The maximum Gasteiger partial charge on any atom is 0.227 e. The Morgan fingerprint density at radius 1 is 1.55 bits per heavy atom. The average molecular weight is 294 g/mol. The monoisotopic (exact) mass is 294 g/mol. The second kappa shape index (κ2) is 7.16. The number of hydrogen-bond acceptors (Lipinski definition) is 6. The molecule has 0 aromatic carbocycles. The Morgan fingerprint density at radius 3 is 3.05 bits per heavy atom. The molecular formula is C13H18N4O2S. The van der Waals surface area contributed by atoms with Gasteiger partial charge in [-0.25, -0.2) is 4.98 Å². The smallest absolute Gasteiger partial charge is 0.227 e. The number of nitrogens with one attached hydrogen (secondary N) is 1. The zero-order valence-corrected chi connectivity index (χ0v) is 12.4. The maximum absolute atomic E-state index is 11.7. The molecule has 0 unspecified atom stereocenters. The van der Waals surface area contributed by atoms with Crippen LogP contribution in [0.1, 0.15) is 24.8 Å². The molecule has 20 heavy (non-hydrogen) atoms. The van der Waals surface area contributed by atoms with Crippen molar-refractivity contribution in [2.24, 2.45) is 0 Å². The van der Waals surface area contributed by atoms with E-state index in [-0.39, 0.29) is 5.91 Å². The van der Waals surface area contributed by atoms with Crippen LogP contribution in [0.15, 0.2) is 22.2 Å². The van der Waals surface area contributed by atoms with Gasteiger partial charge in [0.1, 0.15) is 0 Å². The fourth-order valence-electron chi connectivity index (χ4n) is 1.70. The Morgan fingerprint density at radius 2 is 2.40 bits per heavy atom. The van der Waals surface area contributed by atoms with Crippen LogP contribution in [0.5, 0.6) is 0 Å². The van der Waals surface area contributed by atoms with Crippen LogP contribution in [0.25, 0.3) is 0 Å². The van der Waals surface area contributed by atoms with Gasteiger partial charge in [-0.2, -0.15) is 0 Å². The molecule has 0 aliphatic carbocycles. The van der Waals surface area contributed by atoms with E-state index in [4.69, 9.17) is 4.52 Å². The van der Waals surface area contributed by atoms with E-state index in [9.17, 15) is 4.79 Å². The molecule has 1 N–H and O–H groups in total. The highest BCUT2D eigenvalue weighted by atomic mass is 32.1. The van der Waals surface area contributed by atoms with Gasteiger partial charge in [0.25, 0.3) is 0 Å². The van der Waals surface area contributed by atoms with E-state index in [0.29, 0.717) is 24.6 Å². The Kier molecular flexibility index (Phi) is 5.25. The van der Waals surface area contributed by atoms with Gasteiger partial charge in [0.2, 0.25) is 5.91 Å². The average Bonchev–Trinajstić information content (AvgIpc) is 3.08. The molecule has 6 nitrogen and oxygen atoms in total. The molecule has 0 bridgehead atoms. The van der Waals surface area contributed by atoms with Crippen LogP contribution in [0.4, 0.5) is 5.13 Å². The minimum Gasteiger partial charge on any atom is -0.360 e. The number of amides is 1. The molecule has 2 rings (SSSR count). The Bertz CT molecular complexity index is 538. The minimum atomic E-state index is -0.0291. The van der Waals surface area contributed by atoms with E-state index in [2.05, 4.69) is 15.5 Å². The lowest BCUT2D eigenvalue weighted by atomic mass is 10.3. The van der Waals surface area contributed by atoms with Gasteiger partial charge < -0.3 is 9.84 Å². The summed E-state index contributed by atoms with van der Waals surface area (Å²) in [5.74, 6) is 0.795. The number of hydrogen-bond donors (Lipinski definition) is 1. The molecule has 0 radical (unpaired) electrons. The van der Waals surface area contributed by atoms with Gasteiger partial charge >= 0.3 is 0 Å². The molecule has 7 heteroatoms. The minimum absolute atomic E-state index is 0.0291. The highest BCUT2D eigenvalue weighted by Gasteiger charge is 2.09. The van der Waals surface area contributed by atoms with Gasteiger partial charge in [0, 0.05) is 30.6 Å². The summed E-state index contributed by atoms with van der Waals surface area (Å²) in [6, 6.07) is 1.95. The van der Waals surface area contributed by atoms with Gasteiger partial charge in [0.05, 0.1) is 12.2 Å². The first-order chi connectivity index (χ1) is 9.67. The number of rotatable bonds is 7. The van der Waals surface area contributed by atoms with Crippen LogP contribution in [-0.2, 0) is 17.8 Å². The molecule has 0 saturated heterocycles. The molecule has 0 aliphatic rings. The highest BCUT2D eigenvalue weighted by molar-refractivity contribution is 7.13. The summed E-state index contributed by atoms with van der Waals surface area (Å²) in [6.45, 7) is 3.34. The molecule has 0 spiro atoms. The molecule has 2 heterocycles. The quantitative estimate of drug-likeness (QED) is 0.847. The van der Waals surface area contributed by atoms with Crippen molar-refractivity contribution in [3.05, 3.63) is 29.1 Å². The van der Waals surface area contributed by atoms with Crippen molar-refractivity contribution in [2.75, 3.05) is 18.9 Å². The number of carbonyl (C=O) groups is 1. The summed E-state index contributed by atoms with van der Waals surface area (Å²) in [5.41, 5.74) is 0.954. The number of thiazole rings is 1. The van der Waals surface area contributed by atoms with Gasteiger partial charge in [-0.3, -0.25) is 9.69 Å². The van der Waals surface area contributed by atoms with Crippen molar-refractivity contribution < 1.29 is 9.32 Å². The first-order valence-electron chi connectivity index (χ1n) is 6.49. The zero-order chi connectivity index (χ0) is 14.4. The van der Waals surface area contributed by atoms with Crippen LogP contribution in [0.2, 0.25) is 0 Å². The Labute approximate surface area is 121 Å². The van der Waals surface area contributed by atoms with E-state index >= 15 is 0 Å². The van der Waals surface area contributed by atoms with Gasteiger partial charge in [-0.15, -0.1) is 11.3 Å². The van der Waals surface area contributed by atoms with E-state index in [1.165, 1.54) is 11.3 Å². The Balaban J connectivity index is 1.71. The second-order valence-electron chi connectivity index (χ2n) is 4.51. The van der Waals surface area contributed by atoms with Crippen LogP contribution >= 0.6 is 11.3 Å². The molecule has 2 aromatic rings. The number of nitrogens with zero attached hydrogens (tertiary/aromatic N) is 3. The fraction of sp³-hybridized carbons (Fsp3) is 0.462. The third-order valence-electron chi connectivity index (χ3n) is 2.80. The van der Waals surface area contributed by atoms with Crippen molar-refractivity contribution in [2.45, 2.75) is 26.3 Å². The largest absolute Gasteiger partial charge is 0.360 e. The predicted octanol–water partition coefficient (Wildman–Crippen LogP) is 2.15. The summed E-state index contributed by atoms with van der Waals surface area (Å²) in [6.07, 6.45) is 2.95. The number of anilines is 1. The standard InChI is InChI=1S/C13H18N4O2S/c1-3-10-8-11(19-16-10)9-17(2)6-4-12(18)15-13-14-5-7-20-13/h5,7-8H,3-4,6,9H2,1-2H3,(H,14,15,18). The van der Waals surface area contributed by atoms with Gasteiger partial charge in [-0.05, 0) is 13.5 Å². The van der Waals surface area contributed by atoms with Crippen LogP contribution < -0.4 is 5.32 Å². The number of carbonyl (C=O) groups excluding carboxylic acids is 1. The summed E-state index contributed by atoms with van der Waals surface area (Å²) in [5, 5.41) is 9.18. The summed E-state index contributed by atoms with van der Waals surface area (Å²) in [4.78, 5) is 17.8. The lowest BCUT2D eigenvalue weighted by Gasteiger charge is -2.13. The van der Waals surface area contributed by atoms with Crippen LogP contribution in [0.3, 0.4) is 0 Å². The fourth-order valence-corrected chi connectivity index (χ4v) is 2.25. The first kappa shape index (κ1) is 14.7. The zero-order valence-electron chi connectivity index (χ0n) is 11.6. The Hall–Kier alpha value is -1.73. The van der Waals surface area contributed by atoms with Crippen molar-refractivity contribution in [1.82, 2.24) is 15.0 Å². The third kappa shape index (κ3) is 4.43. The lowest BCUT2D eigenvalue weighted by Crippen LogP contribution is -2.23. The summed E-state index contributed by atoms with van der Waals surface area (Å²) >= 11 is 1.41. The second-order valence-corrected chi connectivity index (χ2v) is 5.41. The SMILES string of the molecule is CCc1cc(CN(C)CCC(=O)Nc2nccs2)on1. The highest BCUT2D eigenvalue weighted by Crippen LogP contribution is 2.11. The molecule has 0 fully saturated rings. The van der Waals surface area contributed by atoms with E-state index in [1.54, 1.807) is 6.20 Å². The van der Waals surface area contributed by atoms with Crippen LogP contribution in [0, 0.1) is 0 Å². The maximum atomic E-state index is 11.7. The molecule has 0 aliphatic heterocycles. The molecule has 2 aromatic heterocycles. The topological polar surface area (TPSA) is 71.3 Å². The third-order valence-corrected chi connectivity index (χ3v) is 3.48. The van der Waals surface area contributed by atoms with Crippen LogP contribution in [-0.4, -0.2) is 34.5 Å².